The highest BCUT2D eigenvalue weighted by Gasteiger charge is 2.32. The van der Waals surface area contributed by atoms with Crippen LogP contribution in [0.3, 0.4) is 0 Å². The maximum Gasteiger partial charge on any atom is 0.339 e. The van der Waals surface area contributed by atoms with E-state index < -0.39 is 28.8 Å². The van der Waals surface area contributed by atoms with Gasteiger partial charge in [-0.25, -0.2) is 4.79 Å². The van der Waals surface area contributed by atoms with E-state index in [1.807, 2.05) is 0 Å². The summed E-state index contributed by atoms with van der Waals surface area (Å²) in [6, 6.07) is 2.06. The van der Waals surface area contributed by atoms with Crippen molar-refractivity contribution in [3.05, 3.63) is 32.3 Å². The first kappa shape index (κ1) is 15.5. The Morgan fingerprint density at radius 2 is 2.00 bits per heavy atom. The van der Waals surface area contributed by atoms with Crippen molar-refractivity contribution in [3.63, 3.8) is 0 Å². The Hall–Kier alpha value is -1.57. The van der Waals surface area contributed by atoms with Crippen molar-refractivity contribution in [2.75, 3.05) is 6.61 Å². The van der Waals surface area contributed by atoms with Crippen molar-refractivity contribution in [1.82, 2.24) is 0 Å². The zero-order chi connectivity index (χ0) is 14.8. The maximum atomic E-state index is 10.8. The minimum atomic E-state index is -2.18. The van der Waals surface area contributed by atoms with Crippen LogP contribution in [0, 0.1) is 10.1 Å². The summed E-state index contributed by atoms with van der Waals surface area (Å²) in [6.45, 7) is 0.319. The van der Waals surface area contributed by atoms with Crippen molar-refractivity contribution >= 4 is 34.9 Å². The summed E-state index contributed by atoms with van der Waals surface area (Å²) in [5, 5.41) is 28.9. The van der Waals surface area contributed by atoms with Crippen LogP contribution in [0.1, 0.15) is 6.92 Å². The van der Waals surface area contributed by atoms with Crippen LogP contribution in [0.5, 0.6) is 5.75 Å². The molecule has 2 N–H and O–H groups in total. The van der Waals surface area contributed by atoms with Crippen LogP contribution < -0.4 is 4.74 Å². The number of ether oxygens (including phenoxy) is 1. The number of aliphatic carboxylic acids is 1. The molecule has 0 radical (unpaired) electrons. The van der Waals surface area contributed by atoms with Gasteiger partial charge in [-0.15, -0.1) is 0 Å². The highest BCUT2D eigenvalue weighted by Crippen LogP contribution is 2.35. The Morgan fingerprint density at radius 1 is 1.47 bits per heavy atom. The molecule has 0 aliphatic carbocycles. The normalized spacial score (nSPS) is 13.7. The van der Waals surface area contributed by atoms with Gasteiger partial charge < -0.3 is 14.9 Å². The van der Waals surface area contributed by atoms with Gasteiger partial charge >= 0.3 is 11.7 Å². The van der Waals surface area contributed by atoms with Gasteiger partial charge in [0.25, 0.3) is 0 Å². The minimum absolute atomic E-state index is 0.0113. The Labute approximate surface area is 117 Å². The van der Waals surface area contributed by atoms with Crippen molar-refractivity contribution in [2.45, 2.75) is 12.5 Å². The lowest BCUT2D eigenvalue weighted by atomic mass is 10.1. The molecule has 0 spiro atoms. The maximum absolute atomic E-state index is 10.8. The fourth-order valence-corrected chi connectivity index (χ4v) is 1.37. The number of aliphatic hydroxyl groups is 1. The summed E-state index contributed by atoms with van der Waals surface area (Å²) in [7, 11) is 0. The molecule has 1 aromatic carbocycles. The predicted octanol–water partition coefficient (Wildman–Crippen LogP) is 2.12. The first-order chi connectivity index (χ1) is 8.65. The molecule has 0 amide bonds. The number of nitrogens with zero attached hydrogens (tertiary/aromatic N) is 1. The zero-order valence-corrected chi connectivity index (χ0v) is 11.1. The number of hydrogen-bond acceptors (Lipinski definition) is 5. The third-order valence-corrected chi connectivity index (χ3v) is 2.89. The van der Waals surface area contributed by atoms with Gasteiger partial charge in [-0.1, -0.05) is 23.2 Å². The molecule has 1 atom stereocenters. The number of carboxylic acids is 1. The smallest absolute Gasteiger partial charge is 0.339 e. The molecule has 1 rings (SSSR count). The Balaban J connectivity index is 3.04. The lowest BCUT2D eigenvalue weighted by molar-refractivity contribution is -0.386. The standard InChI is InChI=1S/C10H9Cl2NO6/c1-10(16,9(14)15)4-19-8-3-6(12)5(11)2-7(8)13(17)18/h2-3,16H,4H2,1H3,(H,14,15). The second kappa shape index (κ2) is 5.60. The summed E-state index contributed by atoms with van der Waals surface area (Å²) < 4.78 is 4.94. The summed E-state index contributed by atoms with van der Waals surface area (Å²) >= 11 is 11.3. The second-order valence-corrected chi connectivity index (χ2v) is 4.67. The van der Waals surface area contributed by atoms with Crippen molar-refractivity contribution < 1.29 is 24.7 Å². The molecule has 0 aliphatic rings. The van der Waals surface area contributed by atoms with E-state index in [1.165, 1.54) is 0 Å². The number of nitro benzene ring substituents is 1. The molecule has 1 unspecified atom stereocenters. The lowest BCUT2D eigenvalue weighted by Crippen LogP contribution is -2.41. The van der Waals surface area contributed by atoms with Crippen LogP contribution in [-0.2, 0) is 4.79 Å². The molecule has 0 aliphatic heterocycles. The quantitative estimate of drug-likeness (QED) is 0.636. The number of halogens is 2. The predicted molar refractivity (Wildman–Crippen MR) is 66.9 cm³/mol. The van der Waals surface area contributed by atoms with E-state index in [2.05, 4.69) is 0 Å². The molecule has 9 heteroatoms. The van der Waals surface area contributed by atoms with E-state index in [1.54, 1.807) is 0 Å². The average Bonchev–Trinajstić information content (AvgIpc) is 2.29. The van der Waals surface area contributed by atoms with Crippen LogP contribution in [-0.4, -0.2) is 33.3 Å². The highest BCUT2D eigenvalue weighted by atomic mass is 35.5. The van der Waals surface area contributed by atoms with E-state index in [-0.39, 0.29) is 15.8 Å². The van der Waals surface area contributed by atoms with E-state index in [4.69, 9.17) is 33.0 Å². The van der Waals surface area contributed by atoms with E-state index >= 15 is 0 Å². The van der Waals surface area contributed by atoms with Crippen molar-refractivity contribution in [2.24, 2.45) is 0 Å². The topological polar surface area (TPSA) is 110 Å². The molecule has 104 valence electrons. The van der Waals surface area contributed by atoms with Gasteiger partial charge in [-0.05, 0) is 6.92 Å². The fourth-order valence-electron chi connectivity index (χ4n) is 1.06. The largest absolute Gasteiger partial charge is 0.483 e. The minimum Gasteiger partial charge on any atom is -0.483 e. The van der Waals surface area contributed by atoms with E-state index in [9.17, 15) is 20.0 Å². The molecule has 0 heterocycles. The highest BCUT2D eigenvalue weighted by molar-refractivity contribution is 6.42. The van der Waals surface area contributed by atoms with E-state index in [0.717, 1.165) is 19.1 Å². The van der Waals surface area contributed by atoms with Crippen LogP contribution >= 0.6 is 23.2 Å². The van der Waals surface area contributed by atoms with Crippen molar-refractivity contribution in [3.8, 4) is 5.75 Å². The van der Waals surface area contributed by atoms with Gasteiger partial charge in [0, 0.05) is 12.1 Å². The lowest BCUT2D eigenvalue weighted by Gasteiger charge is -2.18. The SMILES string of the molecule is CC(O)(COc1cc(Cl)c(Cl)cc1[N+](=O)[O-])C(=O)O. The van der Waals surface area contributed by atoms with Gasteiger partial charge in [-0.2, -0.15) is 0 Å². The molecular weight excluding hydrogens is 301 g/mol. The number of nitro groups is 1. The second-order valence-electron chi connectivity index (χ2n) is 3.86. The molecule has 0 aromatic heterocycles. The van der Waals surface area contributed by atoms with E-state index in [0.29, 0.717) is 0 Å². The van der Waals surface area contributed by atoms with Gasteiger partial charge in [0.2, 0.25) is 0 Å². The first-order valence-electron chi connectivity index (χ1n) is 4.87. The zero-order valence-electron chi connectivity index (χ0n) is 9.59. The monoisotopic (exact) mass is 309 g/mol. The van der Waals surface area contributed by atoms with Crippen LogP contribution in [0.2, 0.25) is 10.0 Å². The van der Waals surface area contributed by atoms with Gasteiger partial charge in [0.15, 0.2) is 11.4 Å². The number of rotatable bonds is 5. The van der Waals surface area contributed by atoms with Crippen molar-refractivity contribution in [1.29, 1.82) is 0 Å². The Morgan fingerprint density at radius 3 is 2.47 bits per heavy atom. The third kappa shape index (κ3) is 3.69. The molecule has 0 saturated heterocycles. The third-order valence-electron chi connectivity index (χ3n) is 2.17. The first-order valence-corrected chi connectivity index (χ1v) is 5.63. The molecule has 7 nitrogen and oxygen atoms in total. The Bertz CT molecular complexity index is 531. The number of benzene rings is 1. The van der Waals surface area contributed by atoms with Crippen LogP contribution in [0.25, 0.3) is 0 Å². The van der Waals surface area contributed by atoms with Gasteiger partial charge in [0.05, 0.1) is 15.0 Å². The van der Waals surface area contributed by atoms with Gasteiger partial charge in [-0.3, -0.25) is 10.1 Å². The molecular formula is C10H9Cl2NO6. The number of hydrogen-bond donors (Lipinski definition) is 2. The molecule has 0 saturated carbocycles. The molecule has 0 bridgehead atoms. The summed E-state index contributed by atoms with van der Waals surface area (Å²) in [5.74, 6) is -1.80. The Kier molecular flexibility index (Phi) is 4.56. The average molecular weight is 310 g/mol. The molecule has 19 heavy (non-hydrogen) atoms. The van der Waals surface area contributed by atoms with Crippen LogP contribution in [0.15, 0.2) is 12.1 Å². The molecule has 0 fully saturated rings. The summed E-state index contributed by atoms with van der Waals surface area (Å²) in [4.78, 5) is 20.7. The summed E-state index contributed by atoms with van der Waals surface area (Å²) in [6.07, 6.45) is 0. The number of carbonyl (C=O) groups is 1. The molecule has 1 aromatic rings. The van der Waals surface area contributed by atoms with Crippen LogP contribution in [0.4, 0.5) is 5.69 Å². The summed E-state index contributed by atoms with van der Waals surface area (Å²) in [5.41, 5.74) is -2.66. The fraction of sp³-hybridized carbons (Fsp3) is 0.300. The van der Waals surface area contributed by atoms with Gasteiger partial charge in [0.1, 0.15) is 6.61 Å². The number of carboxylic acid groups (broad SMARTS) is 1.